The first-order valence-corrected chi connectivity index (χ1v) is 6.40. The second kappa shape index (κ2) is 8.04. The summed E-state index contributed by atoms with van der Waals surface area (Å²) in [7, 11) is 0. The quantitative estimate of drug-likeness (QED) is 0.753. The Morgan fingerprint density at radius 3 is 2.25 bits per heavy atom. The van der Waals surface area contributed by atoms with E-state index in [4.69, 9.17) is 14.6 Å². The zero-order valence-corrected chi connectivity index (χ0v) is 11.6. The van der Waals surface area contributed by atoms with E-state index < -0.39 is 17.9 Å². The third kappa shape index (κ3) is 5.60. The monoisotopic (exact) mass is 281 g/mol. The number of nitrogens with one attached hydrogen (secondary N) is 1. The predicted octanol–water partition coefficient (Wildman–Crippen LogP) is 1.44. The number of carbonyl (C=O) groups excluding carboxylic acids is 1. The molecule has 20 heavy (non-hydrogen) atoms. The Balaban J connectivity index is 2.38. The SMILES string of the molecule is CCCOc1ccc(OCC(=O)NC(C)C(=O)O)cc1. The number of benzene rings is 1. The van der Waals surface area contributed by atoms with Crippen molar-refractivity contribution in [3.05, 3.63) is 24.3 Å². The fourth-order valence-corrected chi connectivity index (χ4v) is 1.35. The molecular weight excluding hydrogens is 262 g/mol. The zero-order chi connectivity index (χ0) is 15.0. The lowest BCUT2D eigenvalue weighted by molar-refractivity contribution is -0.141. The van der Waals surface area contributed by atoms with Crippen molar-refractivity contribution in [1.82, 2.24) is 5.32 Å². The Kier molecular flexibility index (Phi) is 6.36. The van der Waals surface area contributed by atoms with Gasteiger partial charge >= 0.3 is 5.97 Å². The highest BCUT2D eigenvalue weighted by Gasteiger charge is 2.13. The van der Waals surface area contributed by atoms with Crippen LogP contribution in [0.1, 0.15) is 20.3 Å². The average molecular weight is 281 g/mol. The molecule has 0 aliphatic heterocycles. The molecular formula is C14H19NO5. The molecule has 0 radical (unpaired) electrons. The molecule has 1 atom stereocenters. The summed E-state index contributed by atoms with van der Waals surface area (Å²) in [6.07, 6.45) is 0.931. The van der Waals surface area contributed by atoms with Gasteiger partial charge in [0.15, 0.2) is 6.61 Å². The summed E-state index contributed by atoms with van der Waals surface area (Å²) in [5.41, 5.74) is 0. The molecule has 1 rings (SSSR count). The number of amides is 1. The summed E-state index contributed by atoms with van der Waals surface area (Å²) in [5.74, 6) is -0.308. The van der Waals surface area contributed by atoms with Crippen molar-refractivity contribution in [3.8, 4) is 11.5 Å². The number of rotatable bonds is 8. The lowest BCUT2D eigenvalue weighted by Gasteiger charge is -2.10. The number of carboxylic acid groups (broad SMARTS) is 1. The summed E-state index contributed by atoms with van der Waals surface area (Å²) >= 11 is 0. The molecule has 1 unspecified atom stereocenters. The van der Waals surface area contributed by atoms with Crippen LogP contribution in [-0.2, 0) is 9.59 Å². The molecule has 0 aliphatic rings. The van der Waals surface area contributed by atoms with Crippen molar-refractivity contribution in [3.63, 3.8) is 0 Å². The zero-order valence-electron chi connectivity index (χ0n) is 11.6. The van der Waals surface area contributed by atoms with Crippen LogP contribution in [0.2, 0.25) is 0 Å². The molecule has 0 saturated carbocycles. The van der Waals surface area contributed by atoms with Gasteiger partial charge in [0.2, 0.25) is 0 Å². The van der Waals surface area contributed by atoms with Crippen LogP contribution in [0.5, 0.6) is 11.5 Å². The minimum absolute atomic E-state index is 0.229. The van der Waals surface area contributed by atoms with Gasteiger partial charge in [-0.3, -0.25) is 9.59 Å². The highest BCUT2D eigenvalue weighted by Crippen LogP contribution is 2.17. The lowest BCUT2D eigenvalue weighted by atomic mass is 10.3. The van der Waals surface area contributed by atoms with E-state index in [0.717, 1.165) is 12.2 Å². The van der Waals surface area contributed by atoms with Gasteiger partial charge in [-0.05, 0) is 37.6 Å². The van der Waals surface area contributed by atoms with E-state index in [0.29, 0.717) is 12.4 Å². The maximum Gasteiger partial charge on any atom is 0.325 e. The van der Waals surface area contributed by atoms with Crippen LogP contribution >= 0.6 is 0 Å². The number of carboxylic acids is 1. The largest absolute Gasteiger partial charge is 0.494 e. The van der Waals surface area contributed by atoms with E-state index in [1.807, 2.05) is 6.92 Å². The minimum atomic E-state index is -1.09. The fourth-order valence-electron chi connectivity index (χ4n) is 1.35. The summed E-state index contributed by atoms with van der Waals surface area (Å²) in [5, 5.41) is 10.9. The molecule has 110 valence electrons. The number of carbonyl (C=O) groups is 2. The molecule has 1 aromatic carbocycles. The standard InChI is InChI=1S/C14H19NO5/c1-3-8-19-11-4-6-12(7-5-11)20-9-13(16)15-10(2)14(17)18/h4-7,10H,3,8-9H2,1-2H3,(H,15,16)(H,17,18). The first kappa shape index (κ1) is 15.8. The average Bonchev–Trinajstić information content (AvgIpc) is 2.43. The van der Waals surface area contributed by atoms with Gasteiger partial charge in [0, 0.05) is 0 Å². The van der Waals surface area contributed by atoms with Gasteiger partial charge in [0.25, 0.3) is 5.91 Å². The van der Waals surface area contributed by atoms with Crippen LogP contribution in [0.25, 0.3) is 0 Å². The molecule has 0 heterocycles. The number of aliphatic carboxylic acids is 1. The predicted molar refractivity (Wildman–Crippen MR) is 73.0 cm³/mol. The Morgan fingerprint density at radius 2 is 1.75 bits per heavy atom. The van der Waals surface area contributed by atoms with Crippen LogP contribution in [0.3, 0.4) is 0 Å². The van der Waals surface area contributed by atoms with Crippen molar-refractivity contribution in [2.24, 2.45) is 0 Å². The Hall–Kier alpha value is -2.24. The Labute approximate surface area is 117 Å². The van der Waals surface area contributed by atoms with E-state index in [2.05, 4.69) is 5.32 Å². The maximum absolute atomic E-state index is 11.4. The lowest BCUT2D eigenvalue weighted by Crippen LogP contribution is -2.40. The molecule has 0 saturated heterocycles. The summed E-state index contributed by atoms with van der Waals surface area (Å²) in [6.45, 7) is 3.83. The van der Waals surface area contributed by atoms with Crippen molar-refractivity contribution in [1.29, 1.82) is 0 Å². The molecule has 0 aliphatic carbocycles. The smallest absolute Gasteiger partial charge is 0.325 e. The van der Waals surface area contributed by atoms with Gasteiger partial charge in [-0.15, -0.1) is 0 Å². The number of hydrogen-bond donors (Lipinski definition) is 2. The van der Waals surface area contributed by atoms with Gasteiger partial charge in [-0.2, -0.15) is 0 Å². The summed E-state index contributed by atoms with van der Waals surface area (Å²) in [6, 6.07) is 5.96. The molecule has 0 fully saturated rings. The summed E-state index contributed by atoms with van der Waals surface area (Å²) in [4.78, 5) is 22.0. The van der Waals surface area contributed by atoms with Crippen molar-refractivity contribution in [2.45, 2.75) is 26.3 Å². The van der Waals surface area contributed by atoms with Gasteiger partial charge in [-0.25, -0.2) is 0 Å². The normalized spacial score (nSPS) is 11.5. The van der Waals surface area contributed by atoms with E-state index in [-0.39, 0.29) is 6.61 Å². The third-order valence-corrected chi connectivity index (χ3v) is 2.41. The molecule has 6 heteroatoms. The van der Waals surface area contributed by atoms with Crippen molar-refractivity contribution < 1.29 is 24.2 Å². The van der Waals surface area contributed by atoms with Gasteiger partial charge in [0.1, 0.15) is 17.5 Å². The molecule has 1 aromatic rings. The second-order valence-corrected chi connectivity index (χ2v) is 4.24. The number of hydrogen-bond acceptors (Lipinski definition) is 4. The third-order valence-electron chi connectivity index (χ3n) is 2.41. The summed E-state index contributed by atoms with van der Waals surface area (Å²) < 4.78 is 10.7. The topological polar surface area (TPSA) is 84.9 Å². The molecule has 0 aromatic heterocycles. The second-order valence-electron chi connectivity index (χ2n) is 4.24. The first-order chi connectivity index (χ1) is 9.52. The van der Waals surface area contributed by atoms with Crippen LogP contribution < -0.4 is 14.8 Å². The Morgan fingerprint density at radius 1 is 1.20 bits per heavy atom. The van der Waals surface area contributed by atoms with Gasteiger partial charge < -0.3 is 19.9 Å². The molecule has 1 amide bonds. The molecule has 6 nitrogen and oxygen atoms in total. The van der Waals surface area contributed by atoms with Crippen molar-refractivity contribution in [2.75, 3.05) is 13.2 Å². The van der Waals surface area contributed by atoms with E-state index >= 15 is 0 Å². The molecule has 2 N–H and O–H groups in total. The van der Waals surface area contributed by atoms with E-state index in [1.54, 1.807) is 24.3 Å². The first-order valence-electron chi connectivity index (χ1n) is 6.40. The highest BCUT2D eigenvalue weighted by molar-refractivity contribution is 5.84. The van der Waals surface area contributed by atoms with Crippen molar-refractivity contribution >= 4 is 11.9 Å². The van der Waals surface area contributed by atoms with E-state index in [1.165, 1.54) is 6.92 Å². The van der Waals surface area contributed by atoms with Gasteiger partial charge in [0.05, 0.1) is 6.61 Å². The van der Waals surface area contributed by atoms with Gasteiger partial charge in [-0.1, -0.05) is 6.92 Å². The number of ether oxygens (including phenoxy) is 2. The maximum atomic E-state index is 11.4. The minimum Gasteiger partial charge on any atom is -0.494 e. The Bertz CT molecular complexity index is 443. The highest BCUT2D eigenvalue weighted by atomic mass is 16.5. The molecule has 0 spiro atoms. The van der Waals surface area contributed by atoms with Crippen LogP contribution in [-0.4, -0.2) is 36.2 Å². The van der Waals surface area contributed by atoms with E-state index in [9.17, 15) is 9.59 Å². The van der Waals surface area contributed by atoms with Crippen LogP contribution in [0.4, 0.5) is 0 Å². The van der Waals surface area contributed by atoms with Crippen LogP contribution in [0.15, 0.2) is 24.3 Å². The fraction of sp³-hybridized carbons (Fsp3) is 0.429. The van der Waals surface area contributed by atoms with Crippen LogP contribution in [0, 0.1) is 0 Å². The molecule has 0 bridgehead atoms.